The minimum absolute atomic E-state index is 0.275. The Morgan fingerprint density at radius 1 is 0.926 bits per heavy atom. The van der Waals surface area contributed by atoms with Crippen molar-refractivity contribution in [1.29, 1.82) is 0 Å². The molecule has 0 fully saturated rings. The highest BCUT2D eigenvalue weighted by Gasteiger charge is 2.09. The van der Waals surface area contributed by atoms with Gasteiger partial charge in [0.15, 0.2) is 5.65 Å². The number of anilines is 1. The number of hydrogen-bond acceptors (Lipinski definition) is 5. The molecule has 0 amide bonds. The average molecular weight is 356 g/mol. The summed E-state index contributed by atoms with van der Waals surface area (Å²) in [5.41, 5.74) is 3.93. The Bertz CT molecular complexity index is 1110. The Labute approximate surface area is 155 Å². The normalized spacial score (nSPS) is 10.7. The zero-order valence-corrected chi connectivity index (χ0v) is 14.3. The van der Waals surface area contributed by atoms with Crippen LogP contribution in [0.25, 0.3) is 22.4 Å². The Kier molecular flexibility index (Phi) is 4.45. The molecule has 4 aromatic rings. The van der Waals surface area contributed by atoms with E-state index in [1.165, 1.54) is 0 Å². The number of aromatic carboxylic acids is 1. The van der Waals surface area contributed by atoms with Crippen LogP contribution in [-0.2, 0) is 6.54 Å². The lowest BCUT2D eigenvalue weighted by molar-refractivity contribution is 0.0696. The van der Waals surface area contributed by atoms with Crippen LogP contribution in [0.1, 0.15) is 15.9 Å². The lowest BCUT2D eigenvalue weighted by Crippen LogP contribution is -2.08. The maximum Gasteiger partial charge on any atom is 0.336 e. The molecule has 4 rings (SSSR count). The van der Waals surface area contributed by atoms with Crippen LogP contribution in [0.2, 0.25) is 0 Å². The smallest absolute Gasteiger partial charge is 0.336 e. The summed E-state index contributed by atoms with van der Waals surface area (Å²) in [4.78, 5) is 24.9. The maximum atomic E-state index is 11.3. The predicted octanol–water partition coefficient (Wildman–Crippen LogP) is 4.00. The van der Waals surface area contributed by atoms with E-state index in [9.17, 15) is 9.90 Å². The number of nitrogens with zero attached hydrogens (tertiary/aromatic N) is 3. The molecule has 0 radical (unpaired) electrons. The van der Waals surface area contributed by atoms with Crippen molar-refractivity contribution >= 4 is 23.0 Å². The molecule has 2 aromatic carbocycles. The minimum Gasteiger partial charge on any atom is -0.478 e. The van der Waals surface area contributed by atoms with Crippen LogP contribution in [-0.4, -0.2) is 26.0 Å². The molecule has 27 heavy (non-hydrogen) atoms. The van der Waals surface area contributed by atoms with Crippen molar-refractivity contribution in [2.45, 2.75) is 6.54 Å². The van der Waals surface area contributed by atoms with Gasteiger partial charge in [-0.25, -0.2) is 14.8 Å². The first-order valence-corrected chi connectivity index (χ1v) is 8.45. The summed E-state index contributed by atoms with van der Waals surface area (Å²) in [5, 5.41) is 12.4. The van der Waals surface area contributed by atoms with Gasteiger partial charge in [0.05, 0.1) is 17.5 Å². The fourth-order valence-electron chi connectivity index (χ4n) is 2.81. The predicted molar refractivity (Wildman–Crippen MR) is 103 cm³/mol. The van der Waals surface area contributed by atoms with Crippen LogP contribution >= 0.6 is 0 Å². The number of benzene rings is 2. The van der Waals surface area contributed by atoms with Crippen LogP contribution in [0.4, 0.5) is 5.82 Å². The molecule has 2 N–H and O–H groups in total. The van der Waals surface area contributed by atoms with Gasteiger partial charge in [-0.3, -0.25) is 4.98 Å². The molecule has 0 bridgehead atoms. The fourth-order valence-corrected chi connectivity index (χ4v) is 2.81. The van der Waals surface area contributed by atoms with Gasteiger partial charge in [-0.15, -0.1) is 0 Å². The lowest BCUT2D eigenvalue weighted by atomic mass is 10.1. The molecule has 0 saturated carbocycles. The second-order valence-corrected chi connectivity index (χ2v) is 5.98. The summed E-state index contributed by atoms with van der Waals surface area (Å²) in [6.07, 6.45) is 1.73. The third-order valence-electron chi connectivity index (χ3n) is 4.18. The highest BCUT2D eigenvalue weighted by molar-refractivity contribution is 5.89. The number of hydrogen-bond donors (Lipinski definition) is 2. The van der Waals surface area contributed by atoms with E-state index < -0.39 is 5.97 Å². The van der Waals surface area contributed by atoms with Gasteiger partial charge in [0, 0.05) is 12.1 Å². The Morgan fingerprint density at radius 2 is 1.70 bits per heavy atom. The summed E-state index contributed by atoms with van der Waals surface area (Å²) in [5.74, 6) is -0.334. The molecule has 0 spiro atoms. The molecule has 0 aliphatic heterocycles. The molecule has 0 unspecified atom stereocenters. The van der Waals surface area contributed by atoms with E-state index in [4.69, 9.17) is 0 Å². The third-order valence-corrected chi connectivity index (χ3v) is 4.18. The van der Waals surface area contributed by atoms with Gasteiger partial charge in [-0.1, -0.05) is 48.5 Å². The zero-order valence-electron chi connectivity index (χ0n) is 14.3. The SMILES string of the molecule is O=C(O)c1ccccc1CNc1ccc2ncc(-c3ccccc3)nc2n1. The van der Waals surface area contributed by atoms with E-state index in [2.05, 4.69) is 20.3 Å². The first kappa shape index (κ1) is 16.7. The van der Waals surface area contributed by atoms with Gasteiger partial charge < -0.3 is 10.4 Å². The molecule has 6 nitrogen and oxygen atoms in total. The molecular formula is C21H16N4O2. The van der Waals surface area contributed by atoms with Gasteiger partial charge in [0.1, 0.15) is 11.3 Å². The third kappa shape index (κ3) is 3.59. The molecular weight excluding hydrogens is 340 g/mol. The highest BCUT2D eigenvalue weighted by Crippen LogP contribution is 2.19. The van der Waals surface area contributed by atoms with E-state index in [1.54, 1.807) is 24.4 Å². The molecule has 2 heterocycles. The number of nitrogens with one attached hydrogen (secondary N) is 1. The summed E-state index contributed by atoms with van der Waals surface area (Å²) >= 11 is 0. The minimum atomic E-state index is -0.947. The Balaban J connectivity index is 1.61. The number of carbonyl (C=O) groups is 1. The molecule has 132 valence electrons. The fraction of sp³-hybridized carbons (Fsp3) is 0.0476. The topological polar surface area (TPSA) is 88.0 Å². The van der Waals surface area contributed by atoms with Crippen molar-refractivity contribution in [3.63, 3.8) is 0 Å². The number of aromatic nitrogens is 3. The quantitative estimate of drug-likeness (QED) is 0.562. The number of carboxylic acids is 1. The molecule has 0 aliphatic carbocycles. The van der Waals surface area contributed by atoms with Crippen molar-refractivity contribution in [1.82, 2.24) is 15.0 Å². The van der Waals surface area contributed by atoms with E-state index in [0.29, 0.717) is 29.1 Å². The van der Waals surface area contributed by atoms with Gasteiger partial charge in [0.2, 0.25) is 0 Å². The highest BCUT2D eigenvalue weighted by atomic mass is 16.4. The van der Waals surface area contributed by atoms with Crippen LogP contribution in [0.5, 0.6) is 0 Å². The largest absolute Gasteiger partial charge is 0.478 e. The zero-order chi connectivity index (χ0) is 18.6. The van der Waals surface area contributed by atoms with Crippen LogP contribution in [0.15, 0.2) is 72.9 Å². The van der Waals surface area contributed by atoms with Gasteiger partial charge in [-0.05, 0) is 23.8 Å². The molecule has 6 heteroatoms. The van der Waals surface area contributed by atoms with Crippen LogP contribution in [0, 0.1) is 0 Å². The van der Waals surface area contributed by atoms with Crippen molar-refractivity contribution < 1.29 is 9.90 Å². The van der Waals surface area contributed by atoms with Crippen molar-refractivity contribution in [3.05, 3.63) is 84.1 Å². The molecule has 0 aliphatic rings. The van der Waals surface area contributed by atoms with E-state index in [-0.39, 0.29) is 5.56 Å². The number of pyridine rings is 1. The second-order valence-electron chi connectivity index (χ2n) is 5.98. The van der Waals surface area contributed by atoms with Crippen molar-refractivity contribution in [2.75, 3.05) is 5.32 Å². The second kappa shape index (κ2) is 7.21. The van der Waals surface area contributed by atoms with Crippen molar-refractivity contribution in [2.24, 2.45) is 0 Å². The summed E-state index contributed by atoms with van der Waals surface area (Å²) in [7, 11) is 0. The number of rotatable bonds is 5. The van der Waals surface area contributed by atoms with Crippen LogP contribution < -0.4 is 5.32 Å². The molecule has 0 atom stereocenters. The standard InChI is InChI=1S/C21H16N4O2/c26-21(27)16-9-5-4-8-15(16)12-23-19-11-10-17-20(25-19)24-18(13-22-17)14-6-2-1-3-7-14/h1-11,13H,12H2,(H,26,27)(H,23,24,25). The monoisotopic (exact) mass is 356 g/mol. The summed E-state index contributed by atoms with van der Waals surface area (Å²) in [6.45, 7) is 0.354. The first-order valence-electron chi connectivity index (χ1n) is 8.45. The van der Waals surface area contributed by atoms with Gasteiger partial charge in [-0.2, -0.15) is 0 Å². The van der Waals surface area contributed by atoms with Crippen molar-refractivity contribution in [3.8, 4) is 11.3 Å². The Hall–Kier alpha value is -3.80. The maximum absolute atomic E-state index is 11.3. The lowest BCUT2D eigenvalue weighted by Gasteiger charge is -2.09. The molecule has 2 aromatic heterocycles. The first-order chi connectivity index (χ1) is 13.2. The van der Waals surface area contributed by atoms with Gasteiger partial charge in [0.25, 0.3) is 0 Å². The number of fused-ring (bicyclic) bond motifs is 1. The molecule has 0 saturated heterocycles. The Morgan fingerprint density at radius 3 is 2.52 bits per heavy atom. The van der Waals surface area contributed by atoms with Gasteiger partial charge >= 0.3 is 5.97 Å². The van der Waals surface area contributed by atoms with E-state index >= 15 is 0 Å². The average Bonchev–Trinajstić information content (AvgIpc) is 2.72. The number of carboxylic acid groups (broad SMARTS) is 1. The summed E-state index contributed by atoms with van der Waals surface area (Å²) < 4.78 is 0. The van der Waals surface area contributed by atoms with E-state index in [0.717, 1.165) is 11.3 Å². The van der Waals surface area contributed by atoms with E-state index in [1.807, 2.05) is 48.5 Å². The van der Waals surface area contributed by atoms with Crippen LogP contribution in [0.3, 0.4) is 0 Å². The summed E-state index contributed by atoms with van der Waals surface area (Å²) in [6, 6.07) is 20.3.